The number of benzene rings is 4. The number of carbonyl (C=O) groups is 1. The fourth-order valence-corrected chi connectivity index (χ4v) is 3.48. The Balaban J connectivity index is 1.21. The Bertz CT molecular complexity index is 1340. The standard InChI is InChI=1S/C30H27ClN2O5/c1-35-29-17-24(9-16-28(29)38-20-23-7-10-25(31)11-8-23)18-32-33-30(34)21-37-27-14-12-26(13-15-27)36-19-22-5-3-2-4-6-22/h2-18H,19-21H2,1H3,(H,33,34)/b32-18+. The monoisotopic (exact) mass is 530 g/mol. The second-order valence-electron chi connectivity index (χ2n) is 8.15. The zero-order valence-electron chi connectivity index (χ0n) is 20.8. The summed E-state index contributed by atoms with van der Waals surface area (Å²) in [7, 11) is 1.56. The SMILES string of the molecule is COc1cc(/C=N/NC(=O)COc2ccc(OCc3ccccc3)cc2)ccc1OCc1ccc(Cl)cc1. The molecule has 0 saturated carbocycles. The van der Waals surface area contributed by atoms with Crippen LogP contribution in [-0.2, 0) is 18.0 Å². The molecule has 0 aliphatic carbocycles. The number of hydrogen-bond acceptors (Lipinski definition) is 6. The first-order valence-corrected chi connectivity index (χ1v) is 12.2. The molecule has 1 N–H and O–H groups in total. The van der Waals surface area contributed by atoms with Gasteiger partial charge in [0.15, 0.2) is 18.1 Å². The third-order valence-corrected chi connectivity index (χ3v) is 5.59. The summed E-state index contributed by atoms with van der Waals surface area (Å²) < 4.78 is 22.6. The van der Waals surface area contributed by atoms with Crippen LogP contribution in [0.1, 0.15) is 16.7 Å². The quantitative estimate of drug-likeness (QED) is 0.178. The van der Waals surface area contributed by atoms with E-state index in [1.807, 2.05) is 60.7 Å². The first kappa shape index (κ1) is 26.6. The van der Waals surface area contributed by atoms with Crippen molar-refractivity contribution in [3.8, 4) is 23.0 Å². The number of hydrazone groups is 1. The van der Waals surface area contributed by atoms with Crippen LogP contribution in [0.3, 0.4) is 0 Å². The Morgan fingerprint density at radius 1 is 0.789 bits per heavy atom. The van der Waals surface area contributed by atoms with E-state index in [2.05, 4.69) is 10.5 Å². The van der Waals surface area contributed by atoms with Crippen LogP contribution in [0.15, 0.2) is 102 Å². The second-order valence-corrected chi connectivity index (χ2v) is 8.59. The molecule has 0 radical (unpaired) electrons. The van der Waals surface area contributed by atoms with Crippen molar-refractivity contribution in [2.75, 3.05) is 13.7 Å². The molecule has 4 aromatic carbocycles. The lowest BCUT2D eigenvalue weighted by Crippen LogP contribution is -2.24. The smallest absolute Gasteiger partial charge is 0.277 e. The highest BCUT2D eigenvalue weighted by Gasteiger charge is 2.07. The van der Waals surface area contributed by atoms with Gasteiger partial charge in [-0.2, -0.15) is 5.10 Å². The van der Waals surface area contributed by atoms with E-state index in [1.165, 1.54) is 6.21 Å². The number of rotatable bonds is 12. The topological polar surface area (TPSA) is 78.4 Å². The molecule has 0 fully saturated rings. The zero-order chi connectivity index (χ0) is 26.6. The predicted molar refractivity (Wildman–Crippen MR) is 147 cm³/mol. The van der Waals surface area contributed by atoms with Crippen molar-refractivity contribution in [3.05, 3.63) is 119 Å². The Morgan fingerprint density at radius 2 is 1.45 bits per heavy atom. The number of ether oxygens (including phenoxy) is 4. The van der Waals surface area contributed by atoms with Crippen molar-refractivity contribution in [2.45, 2.75) is 13.2 Å². The number of amides is 1. The molecular formula is C30H27ClN2O5. The minimum absolute atomic E-state index is 0.178. The highest BCUT2D eigenvalue weighted by molar-refractivity contribution is 6.30. The fourth-order valence-electron chi connectivity index (χ4n) is 3.36. The number of carbonyl (C=O) groups excluding carboxylic acids is 1. The Labute approximate surface area is 226 Å². The van der Waals surface area contributed by atoms with Gasteiger partial charge in [0.2, 0.25) is 0 Å². The molecule has 7 nitrogen and oxygen atoms in total. The fraction of sp³-hybridized carbons (Fsp3) is 0.133. The van der Waals surface area contributed by atoms with Gasteiger partial charge in [-0.1, -0.05) is 54.1 Å². The Kier molecular flexibility index (Phi) is 9.59. The van der Waals surface area contributed by atoms with Crippen LogP contribution in [0, 0.1) is 0 Å². The molecule has 4 aromatic rings. The number of hydrogen-bond donors (Lipinski definition) is 1. The maximum Gasteiger partial charge on any atom is 0.277 e. The summed E-state index contributed by atoms with van der Waals surface area (Å²) in [5.74, 6) is 2.02. The predicted octanol–water partition coefficient (Wildman–Crippen LogP) is 6.04. The molecule has 0 aliphatic heterocycles. The molecule has 8 heteroatoms. The number of halogens is 1. The van der Waals surface area contributed by atoms with Crippen molar-refractivity contribution < 1.29 is 23.7 Å². The molecule has 0 atom stereocenters. The lowest BCUT2D eigenvalue weighted by molar-refractivity contribution is -0.123. The molecule has 38 heavy (non-hydrogen) atoms. The molecule has 1 amide bonds. The Morgan fingerprint density at radius 3 is 2.16 bits per heavy atom. The van der Waals surface area contributed by atoms with E-state index < -0.39 is 0 Å². The lowest BCUT2D eigenvalue weighted by Gasteiger charge is -2.11. The minimum atomic E-state index is -0.388. The van der Waals surface area contributed by atoms with Crippen LogP contribution in [0.4, 0.5) is 0 Å². The van der Waals surface area contributed by atoms with Crippen molar-refractivity contribution in [1.82, 2.24) is 5.43 Å². The van der Waals surface area contributed by atoms with Gasteiger partial charge in [0.1, 0.15) is 24.7 Å². The zero-order valence-corrected chi connectivity index (χ0v) is 21.6. The molecule has 0 heterocycles. The van der Waals surface area contributed by atoms with Crippen LogP contribution in [0.25, 0.3) is 0 Å². The summed E-state index contributed by atoms with van der Waals surface area (Å²) >= 11 is 5.92. The normalized spacial score (nSPS) is 10.7. The van der Waals surface area contributed by atoms with E-state index in [9.17, 15) is 4.79 Å². The molecule has 0 bridgehead atoms. The molecule has 194 valence electrons. The largest absolute Gasteiger partial charge is 0.493 e. The molecule has 4 rings (SSSR count). The van der Waals surface area contributed by atoms with Crippen molar-refractivity contribution in [3.63, 3.8) is 0 Å². The molecular weight excluding hydrogens is 504 g/mol. The van der Waals surface area contributed by atoms with Crippen LogP contribution in [0.2, 0.25) is 5.02 Å². The highest BCUT2D eigenvalue weighted by atomic mass is 35.5. The number of methoxy groups -OCH3 is 1. The van der Waals surface area contributed by atoms with Crippen molar-refractivity contribution >= 4 is 23.7 Å². The van der Waals surface area contributed by atoms with Gasteiger partial charge in [-0.05, 0) is 71.3 Å². The summed E-state index contributed by atoms with van der Waals surface area (Å²) in [6.07, 6.45) is 1.52. The van der Waals surface area contributed by atoms with Crippen LogP contribution >= 0.6 is 11.6 Å². The van der Waals surface area contributed by atoms with Crippen LogP contribution in [0.5, 0.6) is 23.0 Å². The van der Waals surface area contributed by atoms with Gasteiger partial charge in [0.25, 0.3) is 5.91 Å². The van der Waals surface area contributed by atoms with Gasteiger partial charge in [-0.25, -0.2) is 5.43 Å². The van der Waals surface area contributed by atoms with E-state index in [4.69, 9.17) is 30.5 Å². The van der Waals surface area contributed by atoms with Gasteiger partial charge in [-0.3, -0.25) is 4.79 Å². The average Bonchev–Trinajstić information content (AvgIpc) is 2.96. The van der Waals surface area contributed by atoms with E-state index >= 15 is 0 Å². The van der Waals surface area contributed by atoms with Crippen LogP contribution < -0.4 is 24.4 Å². The average molecular weight is 531 g/mol. The first-order valence-electron chi connectivity index (χ1n) is 11.9. The van der Waals surface area contributed by atoms with Gasteiger partial charge < -0.3 is 18.9 Å². The number of nitrogens with zero attached hydrogens (tertiary/aromatic N) is 1. The van der Waals surface area contributed by atoms with Gasteiger partial charge in [-0.15, -0.1) is 0 Å². The first-order chi connectivity index (χ1) is 18.6. The third-order valence-electron chi connectivity index (χ3n) is 5.34. The Hall–Kier alpha value is -4.49. The molecule has 0 unspecified atom stereocenters. The van der Waals surface area contributed by atoms with Crippen molar-refractivity contribution in [1.29, 1.82) is 0 Å². The van der Waals surface area contributed by atoms with E-state index in [0.717, 1.165) is 16.7 Å². The van der Waals surface area contributed by atoms with Gasteiger partial charge in [0.05, 0.1) is 13.3 Å². The minimum Gasteiger partial charge on any atom is -0.493 e. The van der Waals surface area contributed by atoms with Gasteiger partial charge in [0, 0.05) is 5.02 Å². The van der Waals surface area contributed by atoms with E-state index in [0.29, 0.717) is 41.2 Å². The van der Waals surface area contributed by atoms with Gasteiger partial charge >= 0.3 is 0 Å². The van der Waals surface area contributed by atoms with E-state index in [1.54, 1.807) is 43.5 Å². The summed E-state index contributed by atoms with van der Waals surface area (Å²) in [4.78, 5) is 12.1. The highest BCUT2D eigenvalue weighted by Crippen LogP contribution is 2.28. The summed E-state index contributed by atoms with van der Waals surface area (Å²) in [5.41, 5.74) is 5.25. The maximum absolute atomic E-state index is 12.1. The molecule has 0 saturated heterocycles. The summed E-state index contributed by atoms with van der Waals surface area (Å²) in [5, 5.41) is 4.67. The number of nitrogens with one attached hydrogen (secondary N) is 1. The van der Waals surface area contributed by atoms with Crippen molar-refractivity contribution in [2.24, 2.45) is 5.10 Å². The summed E-state index contributed by atoms with van der Waals surface area (Å²) in [6, 6.07) is 29.8. The second kappa shape index (κ2) is 13.7. The maximum atomic E-state index is 12.1. The van der Waals surface area contributed by atoms with E-state index in [-0.39, 0.29) is 12.5 Å². The molecule has 0 aromatic heterocycles. The third kappa shape index (κ3) is 8.28. The van der Waals surface area contributed by atoms with Crippen LogP contribution in [-0.4, -0.2) is 25.8 Å². The summed E-state index contributed by atoms with van der Waals surface area (Å²) in [6.45, 7) is 0.676. The lowest BCUT2D eigenvalue weighted by atomic mass is 10.2. The molecule has 0 aliphatic rings. The molecule has 0 spiro atoms.